The first-order chi connectivity index (χ1) is 10.0. The predicted octanol–water partition coefficient (Wildman–Crippen LogP) is -0.290. The summed E-state index contributed by atoms with van der Waals surface area (Å²) in [6, 6.07) is 3.56. The number of aromatic nitrogens is 1. The lowest BCUT2D eigenvalue weighted by Gasteiger charge is -2.23. The van der Waals surface area contributed by atoms with Crippen molar-refractivity contribution in [3.8, 4) is 6.07 Å². The van der Waals surface area contributed by atoms with Crippen molar-refractivity contribution in [2.45, 2.75) is 23.9 Å². The molecule has 1 aliphatic rings. The van der Waals surface area contributed by atoms with Crippen molar-refractivity contribution in [3.05, 3.63) is 22.5 Å². The number of ether oxygens (including phenoxy) is 1. The van der Waals surface area contributed by atoms with Crippen LogP contribution in [0.1, 0.15) is 4.88 Å². The highest BCUT2D eigenvalue weighted by atomic mass is 32.1. The molecule has 1 aliphatic heterocycles. The van der Waals surface area contributed by atoms with E-state index in [1.165, 1.54) is 17.5 Å². The number of nitrogens with zero attached hydrogens (tertiary/aromatic N) is 2. The molecule has 4 atom stereocenters. The summed E-state index contributed by atoms with van der Waals surface area (Å²) < 4.78 is 5.48. The van der Waals surface area contributed by atoms with Crippen molar-refractivity contribution >= 4 is 27.9 Å². The Kier molecular flexibility index (Phi) is 3.32. The van der Waals surface area contributed by atoms with E-state index in [9.17, 15) is 20.6 Å². The van der Waals surface area contributed by atoms with Crippen LogP contribution in [-0.4, -0.2) is 45.2 Å². The second kappa shape index (κ2) is 4.91. The van der Waals surface area contributed by atoms with Crippen LogP contribution in [-0.2, 0) is 10.3 Å². The lowest BCUT2D eigenvalue weighted by Crippen LogP contribution is -2.39. The van der Waals surface area contributed by atoms with Crippen molar-refractivity contribution in [2.24, 2.45) is 0 Å². The fraction of sp³-hybridized carbons (Fsp3) is 0.385. The molecule has 0 amide bonds. The zero-order chi connectivity index (χ0) is 15.2. The van der Waals surface area contributed by atoms with E-state index in [1.54, 1.807) is 11.4 Å². The van der Waals surface area contributed by atoms with Crippen LogP contribution >= 0.6 is 11.3 Å². The smallest absolute Gasteiger partial charge is 0.219 e. The largest absolute Gasteiger partial charge is 0.398 e. The number of pyridine rings is 1. The van der Waals surface area contributed by atoms with Gasteiger partial charge >= 0.3 is 0 Å². The van der Waals surface area contributed by atoms with Crippen molar-refractivity contribution in [1.82, 2.24) is 4.98 Å². The van der Waals surface area contributed by atoms with Gasteiger partial charge in [-0.15, -0.1) is 11.3 Å². The minimum atomic E-state index is -1.76. The quantitative estimate of drug-likeness (QED) is 0.599. The number of hydrogen-bond donors (Lipinski definition) is 4. The molecule has 5 N–H and O–H groups in total. The number of aliphatic hydroxyl groups is 3. The average molecular weight is 307 g/mol. The van der Waals surface area contributed by atoms with E-state index in [4.69, 9.17) is 10.5 Å². The van der Waals surface area contributed by atoms with Gasteiger partial charge in [-0.05, 0) is 6.07 Å². The molecular formula is C13H13N3O4S. The zero-order valence-corrected chi connectivity index (χ0v) is 11.6. The van der Waals surface area contributed by atoms with E-state index in [1.807, 2.05) is 6.07 Å². The van der Waals surface area contributed by atoms with E-state index in [2.05, 4.69) is 4.98 Å². The fourth-order valence-electron chi connectivity index (χ4n) is 2.53. The van der Waals surface area contributed by atoms with Crippen molar-refractivity contribution < 1.29 is 20.1 Å². The molecule has 110 valence electrons. The van der Waals surface area contributed by atoms with Crippen LogP contribution in [0.3, 0.4) is 0 Å². The highest BCUT2D eigenvalue weighted by Gasteiger charge is 2.57. The van der Waals surface area contributed by atoms with E-state index >= 15 is 0 Å². The molecule has 0 aromatic carbocycles. The van der Waals surface area contributed by atoms with Gasteiger partial charge in [0.2, 0.25) is 5.60 Å². The van der Waals surface area contributed by atoms with E-state index in [0.717, 1.165) is 0 Å². The van der Waals surface area contributed by atoms with Gasteiger partial charge < -0.3 is 25.8 Å². The van der Waals surface area contributed by atoms with E-state index in [-0.39, 0.29) is 0 Å². The number of nitriles is 1. The third-order valence-electron chi connectivity index (χ3n) is 3.68. The van der Waals surface area contributed by atoms with Crippen molar-refractivity contribution in [1.29, 1.82) is 5.26 Å². The van der Waals surface area contributed by atoms with Crippen LogP contribution in [0, 0.1) is 11.3 Å². The number of rotatable bonds is 2. The molecule has 21 heavy (non-hydrogen) atoms. The minimum Gasteiger partial charge on any atom is -0.398 e. The number of nitrogens with two attached hydrogens (primary N) is 1. The number of anilines is 1. The van der Waals surface area contributed by atoms with Crippen molar-refractivity contribution in [3.63, 3.8) is 0 Å². The monoisotopic (exact) mass is 307 g/mol. The van der Waals surface area contributed by atoms with Gasteiger partial charge in [-0.25, -0.2) is 0 Å². The Morgan fingerprint density at radius 2 is 2.29 bits per heavy atom. The van der Waals surface area contributed by atoms with Gasteiger partial charge in [0.15, 0.2) is 0 Å². The summed E-state index contributed by atoms with van der Waals surface area (Å²) in [5.74, 6) is 0. The van der Waals surface area contributed by atoms with E-state index in [0.29, 0.717) is 21.5 Å². The topological polar surface area (TPSA) is 133 Å². The predicted molar refractivity (Wildman–Crippen MR) is 75.3 cm³/mol. The SMILES string of the molecule is N#C[C@@]1(c2scc3c(N)ccnc23)O[C@H](CO)[C@@H](O)[C@H]1O. The first-order valence-electron chi connectivity index (χ1n) is 6.23. The molecule has 0 radical (unpaired) electrons. The molecule has 3 rings (SSSR count). The molecule has 0 saturated carbocycles. The Morgan fingerprint density at radius 3 is 2.90 bits per heavy atom. The number of hydrogen-bond acceptors (Lipinski definition) is 8. The fourth-order valence-corrected chi connectivity index (χ4v) is 3.68. The number of fused-ring (bicyclic) bond motifs is 1. The van der Waals surface area contributed by atoms with Crippen LogP contribution in [0.5, 0.6) is 0 Å². The van der Waals surface area contributed by atoms with Crippen LogP contribution in [0.25, 0.3) is 10.9 Å². The molecule has 0 bridgehead atoms. The summed E-state index contributed by atoms with van der Waals surface area (Å²) in [7, 11) is 0. The molecule has 0 spiro atoms. The molecule has 3 heterocycles. The summed E-state index contributed by atoms with van der Waals surface area (Å²) in [5, 5.41) is 41.3. The van der Waals surface area contributed by atoms with Gasteiger partial charge in [-0.2, -0.15) is 5.26 Å². The number of thiophene rings is 1. The van der Waals surface area contributed by atoms with Gasteiger partial charge in [0, 0.05) is 22.7 Å². The maximum absolute atomic E-state index is 10.2. The first kappa shape index (κ1) is 14.2. The molecule has 2 aromatic rings. The van der Waals surface area contributed by atoms with E-state index < -0.39 is 30.5 Å². The third kappa shape index (κ3) is 1.83. The highest BCUT2D eigenvalue weighted by Crippen LogP contribution is 2.45. The highest BCUT2D eigenvalue weighted by molar-refractivity contribution is 7.11. The summed E-state index contributed by atoms with van der Waals surface area (Å²) in [5.41, 5.74) is 5.05. The van der Waals surface area contributed by atoms with Crippen LogP contribution < -0.4 is 5.73 Å². The average Bonchev–Trinajstić information content (AvgIpc) is 3.03. The molecule has 1 fully saturated rings. The summed E-state index contributed by atoms with van der Waals surface area (Å²) in [6.07, 6.45) is -2.37. The van der Waals surface area contributed by atoms with Gasteiger partial charge in [0.1, 0.15) is 24.4 Å². The molecule has 8 heteroatoms. The standard InChI is InChI=1S/C13H13N3O4S/c14-5-13(11(19)10(18)8(3-17)20-13)12-9-6(4-21-12)7(15)1-2-16-9/h1-2,4,8,10-11,17-19H,3,15H2/t8-,10-,11-,13-/m1/s1. The zero-order valence-electron chi connectivity index (χ0n) is 10.8. The molecule has 0 aliphatic carbocycles. The molecular weight excluding hydrogens is 294 g/mol. The minimum absolute atomic E-state index is 0.370. The normalized spacial score (nSPS) is 32.4. The summed E-state index contributed by atoms with van der Waals surface area (Å²) in [4.78, 5) is 4.56. The van der Waals surface area contributed by atoms with Gasteiger partial charge in [0.25, 0.3) is 0 Å². The Bertz CT molecular complexity index is 728. The maximum Gasteiger partial charge on any atom is 0.219 e. The Morgan fingerprint density at radius 1 is 1.52 bits per heavy atom. The first-order valence-corrected chi connectivity index (χ1v) is 7.11. The second-order valence-electron chi connectivity index (χ2n) is 4.85. The van der Waals surface area contributed by atoms with Crippen LogP contribution in [0.15, 0.2) is 17.6 Å². The Balaban J connectivity index is 2.20. The Hall–Kier alpha value is -1.76. The molecule has 1 saturated heterocycles. The van der Waals surface area contributed by atoms with Gasteiger partial charge in [-0.1, -0.05) is 0 Å². The Labute approximate surface area is 123 Å². The molecule has 7 nitrogen and oxygen atoms in total. The second-order valence-corrected chi connectivity index (χ2v) is 5.73. The van der Waals surface area contributed by atoms with Gasteiger partial charge in [0.05, 0.1) is 17.0 Å². The third-order valence-corrected chi connectivity index (χ3v) is 4.76. The van der Waals surface area contributed by atoms with Crippen LogP contribution in [0.2, 0.25) is 0 Å². The summed E-state index contributed by atoms with van der Waals surface area (Å²) >= 11 is 1.17. The maximum atomic E-state index is 10.2. The molecule has 2 aromatic heterocycles. The lowest BCUT2D eigenvalue weighted by molar-refractivity contribution is -0.0585. The molecule has 0 unspecified atom stereocenters. The number of nitrogen functional groups attached to an aromatic ring is 1. The van der Waals surface area contributed by atoms with Crippen LogP contribution in [0.4, 0.5) is 5.69 Å². The summed E-state index contributed by atoms with van der Waals surface area (Å²) in [6.45, 7) is -0.499. The van der Waals surface area contributed by atoms with Gasteiger partial charge in [-0.3, -0.25) is 4.98 Å². The van der Waals surface area contributed by atoms with Crippen molar-refractivity contribution in [2.75, 3.05) is 12.3 Å². The lowest BCUT2D eigenvalue weighted by atomic mass is 9.93. The number of aliphatic hydroxyl groups excluding tert-OH is 3.